The molecule has 1 aliphatic heterocycles. The molecular weight excluding hydrogens is 278 g/mol. The Labute approximate surface area is 117 Å². The summed E-state index contributed by atoms with van der Waals surface area (Å²) < 4.78 is 26.2. The summed E-state index contributed by atoms with van der Waals surface area (Å²) in [6, 6.07) is 5.21. The molecule has 106 valence electrons. The molecule has 0 amide bonds. The monoisotopic (exact) mass is 293 g/mol. The SMILES string of the molecule is CN(Cc1ncn[nH]1)S(=O)(=O)c1ccc2c(c1)NCC2. The second-order valence-corrected chi connectivity index (χ2v) is 6.73. The maximum absolute atomic E-state index is 12.5. The van der Waals surface area contributed by atoms with Gasteiger partial charge in [-0.3, -0.25) is 5.10 Å². The smallest absolute Gasteiger partial charge is 0.243 e. The zero-order valence-electron chi connectivity index (χ0n) is 11.0. The second-order valence-electron chi connectivity index (χ2n) is 4.69. The molecule has 2 heterocycles. The summed E-state index contributed by atoms with van der Waals surface area (Å²) in [5.74, 6) is 0.510. The third-order valence-electron chi connectivity index (χ3n) is 3.34. The van der Waals surface area contributed by atoms with Crippen molar-refractivity contribution >= 4 is 15.7 Å². The van der Waals surface area contributed by atoms with Crippen molar-refractivity contribution in [2.45, 2.75) is 17.9 Å². The van der Waals surface area contributed by atoms with E-state index in [-0.39, 0.29) is 11.4 Å². The summed E-state index contributed by atoms with van der Waals surface area (Å²) in [5, 5.41) is 9.55. The molecule has 0 fully saturated rings. The van der Waals surface area contributed by atoms with Crippen molar-refractivity contribution in [1.29, 1.82) is 0 Å². The standard InChI is InChI=1S/C12H15N5O2S/c1-17(7-12-14-8-15-16-12)20(18,19)10-3-2-9-4-5-13-11(9)6-10/h2-3,6,8,13H,4-5,7H2,1H3,(H,14,15,16). The lowest BCUT2D eigenvalue weighted by atomic mass is 10.2. The second kappa shape index (κ2) is 4.88. The lowest BCUT2D eigenvalue weighted by molar-refractivity contribution is 0.457. The normalized spacial score (nSPS) is 14.3. The molecule has 1 aromatic carbocycles. The highest BCUT2D eigenvalue weighted by atomic mass is 32.2. The molecule has 7 nitrogen and oxygen atoms in total. The van der Waals surface area contributed by atoms with Gasteiger partial charge >= 0.3 is 0 Å². The number of H-pyrrole nitrogens is 1. The van der Waals surface area contributed by atoms with Gasteiger partial charge < -0.3 is 5.32 Å². The Morgan fingerprint density at radius 2 is 2.25 bits per heavy atom. The Morgan fingerprint density at radius 1 is 1.40 bits per heavy atom. The number of rotatable bonds is 4. The lowest BCUT2D eigenvalue weighted by Crippen LogP contribution is -2.27. The van der Waals surface area contributed by atoms with E-state index in [1.165, 1.54) is 17.7 Å². The van der Waals surface area contributed by atoms with Gasteiger partial charge in [0.15, 0.2) is 0 Å². The summed E-state index contributed by atoms with van der Waals surface area (Å²) in [7, 11) is -2.00. The Kier molecular flexibility index (Phi) is 3.19. The van der Waals surface area contributed by atoms with Crippen LogP contribution in [-0.2, 0) is 23.0 Å². The molecule has 0 unspecified atom stereocenters. The van der Waals surface area contributed by atoms with E-state index < -0.39 is 10.0 Å². The molecule has 0 spiro atoms. The van der Waals surface area contributed by atoms with Gasteiger partial charge in [-0.15, -0.1) is 0 Å². The maximum Gasteiger partial charge on any atom is 0.243 e. The van der Waals surface area contributed by atoms with E-state index >= 15 is 0 Å². The van der Waals surface area contributed by atoms with Crippen LogP contribution in [0.5, 0.6) is 0 Å². The quantitative estimate of drug-likeness (QED) is 0.861. The first-order chi connectivity index (χ1) is 9.57. The van der Waals surface area contributed by atoms with E-state index in [0.717, 1.165) is 24.2 Å². The van der Waals surface area contributed by atoms with Crippen molar-refractivity contribution in [3.05, 3.63) is 35.9 Å². The van der Waals surface area contributed by atoms with Crippen LogP contribution in [0.3, 0.4) is 0 Å². The lowest BCUT2D eigenvalue weighted by Gasteiger charge is -2.16. The van der Waals surface area contributed by atoms with Crippen LogP contribution in [0.15, 0.2) is 29.4 Å². The van der Waals surface area contributed by atoms with E-state index in [1.807, 2.05) is 6.07 Å². The van der Waals surface area contributed by atoms with E-state index in [2.05, 4.69) is 20.5 Å². The molecule has 0 aliphatic carbocycles. The molecule has 0 bridgehead atoms. The molecule has 2 N–H and O–H groups in total. The topological polar surface area (TPSA) is 91.0 Å². The molecule has 20 heavy (non-hydrogen) atoms. The number of benzene rings is 1. The molecule has 1 aliphatic rings. The van der Waals surface area contributed by atoms with Crippen molar-refractivity contribution < 1.29 is 8.42 Å². The fourth-order valence-electron chi connectivity index (χ4n) is 2.21. The average Bonchev–Trinajstić information content (AvgIpc) is 3.07. The third-order valence-corrected chi connectivity index (χ3v) is 5.14. The molecule has 2 aromatic rings. The van der Waals surface area contributed by atoms with Crippen LogP contribution >= 0.6 is 0 Å². The highest BCUT2D eigenvalue weighted by molar-refractivity contribution is 7.89. The van der Waals surface area contributed by atoms with E-state index in [1.54, 1.807) is 12.1 Å². The number of hydrogen-bond acceptors (Lipinski definition) is 5. The number of hydrogen-bond donors (Lipinski definition) is 2. The van der Waals surface area contributed by atoms with Gasteiger partial charge in [-0.05, 0) is 24.1 Å². The Balaban J connectivity index is 1.87. The van der Waals surface area contributed by atoms with Gasteiger partial charge in [-0.1, -0.05) is 6.07 Å². The van der Waals surface area contributed by atoms with Gasteiger partial charge in [-0.2, -0.15) is 9.40 Å². The zero-order chi connectivity index (χ0) is 14.2. The predicted octanol–water partition coefficient (Wildman–Crippen LogP) is 0.593. The van der Waals surface area contributed by atoms with Gasteiger partial charge in [0.2, 0.25) is 10.0 Å². The highest BCUT2D eigenvalue weighted by Crippen LogP contribution is 2.26. The Hall–Kier alpha value is -1.93. The highest BCUT2D eigenvalue weighted by Gasteiger charge is 2.23. The molecule has 0 saturated heterocycles. The minimum Gasteiger partial charge on any atom is -0.384 e. The number of nitrogens with zero attached hydrogens (tertiary/aromatic N) is 3. The first kappa shape index (κ1) is 13.1. The minimum atomic E-state index is -3.53. The number of fused-ring (bicyclic) bond motifs is 1. The predicted molar refractivity (Wildman–Crippen MR) is 73.7 cm³/mol. The minimum absolute atomic E-state index is 0.160. The largest absolute Gasteiger partial charge is 0.384 e. The Bertz CT molecular complexity index is 711. The van der Waals surface area contributed by atoms with Gasteiger partial charge in [-0.25, -0.2) is 13.4 Å². The number of nitrogens with one attached hydrogen (secondary N) is 2. The van der Waals surface area contributed by atoms with Gasteiger partial charge in [0.05, 0.1) is 11.4 Å². The Morgan fingerprint density at radius 3 is 3.00 bits per heavy atom. The van der Waals surface area contributed by atoms with E-state index in [0.29, 0.717) is 5.82 Å². The maximum atomic E-state index is 12.5. The van der Waals surface area contributed by atoms with Gasteiger partial charge in [0.25, 0.3) is 0 Å². The number of anilines is 1. The van der Waals surface area contributed by atoms with Crippen LogP contribution in [0.2, 0.25) is 0 Å². The summed E-state index contributed by atoms with van der Waals surface area (Å²) in [5.41, 5.74) is 2.06. The molecule has 0 atom stereocenters. The van der Waals surface area contributed by atoms with Crippen LogP contribution in [-0.4, -0.2) is 41.5 Å². The van der Waals surface area contributed by atoms with Crippen LogP contribution in [0.4, 0.5) is 5.69 Å². The molecule has 1 aromatic heterocycles. The first-order valence-electron chi connectivity index (χ1n) is 6.25. The third kappa shape index (κ3) is 2.27. The summed E-state index contributed by atoms with van der Waals surface area (Å²) in [4.78, 5) is 4.22. The van der Waals surface area contributed by atoms with E-state index in [9.17, 15) is 8.42 Å². The zero-order valence-corrected chi connectivity index (χ0v) is 11.8. The molecule has 8 heteroatoms. The summed E-state index contributed by atoms with van der Waals surface area (Å²) in [6.07, 6.45) is 2.29. The fourth-order valence-corrected chi connectivity index (χ4v) is 3.37. The van der Waals surface area contributed by atoms with Crippen LogP contribution < -0.4 is 5.32 Å². The van der Waals surface area contributed by atoms with Gasteiger partial charge in [0.1, 0.15) is 12.2 Å². The fraction of sp³-hybridized carbons (Fsp3) is 0.333. The summed E-state index contributed by atoms with van der Waals surface area (Å²) >= 11 is 0. The van der Waals surface area contributed by atoms with Crippen molar-refractivity contribution in [3.63, 3.8) is 0 Å². The van der Waals surface area contributed by atoms with E-state index in [4.69, 9.17) is 0 Å². The van der Waals surface area contributed by atoms with Crippen LogP contribution in [0.25, 0.3) is 0 Å². The average molecular weight is 293 g/mol. The van der Waals surface area contributed by atoms with Crippen molar-refractivity contribution in [3.8, 4) is 0 Å². The van der Waals surface area contributed by atoms with Crippen LogP contribution in [0, 0.1) is 0 Å². The molecule has 0 radical (unpaired) electrons. The van der Waals surface area contributed by atoms with Gasteiger partial charge in [0, 0.05) is 19.3 Å². The molecule has 3 rings (SSSR count). The van der Waals surface area contributed by atoms with Crippen molar-refractivity contribution in [2.24, 2.45) is 0 Å². The van der Waals surface area contributed by atoms with Crippen LogP contribution in [0.1, 0.15) is 11.4 Å². The molecule has 0 saturated carbocycles. The first-order valence-corrected chi connectivity index (χ1v) is 7.69. The van der Waals surface area contributed by atoms with Crippen molar-refractivity contribution in [1.82, 2.24) is 19.5 Å². The summed E-state index contributed by atoms with van der Waals surface area (Å²) in [6.45, 7) is 1.01. The molecular formula is C12H15N5O2S. The number of sulfonamides is 1. The number of aromatic nitrogens is 3. The number of aromatic amines is 1. The van der Waals surface area contributed by atoms with Crippen molar-refractivity contribution in [2.75, 3.05) is 18.9 Å².